The Hall–Kier alpha value is -1.98. The number of hydrogen-bond donors (Lipinski definition) is 2. The summed E-state index contributed by atoms with van der Waals surface area (Å²) in [6, 6.07) is 6.73. The van der Waals surface area contributed by atoms with Gasteiger partial charge in [-0.15, -0.1) is 0 Å². The van der Waals surface area contributed by atoms with Crippen LogP contribution in [0.2, 0.25) is 0 Å². The lowest BCUT2D eigenvalue weighted by molar-refractivity contribution is -0.154. The summed E-state index contributed by atoms with van der Waals surface area (Å²) in [6.07, 6.45) is -0.0250. The van der Waals surface area contributed by atoms with Gasteiger partial charge in [0.15, 0.2) is 15.6 Å². The van der Waals surface area contributed by atoms with Crippen molar-refractivity contribution in [3.8, 4) is 5.75 Å². The van der Waals surface area contributed by atoms with E-state index in [1.807, 2.05) is 0 Å². The molecule has 1 fully saturated rings. The summed E-state index contributed by atoms with van der Waals surface area (Å²) in [4.78, 5) is 12.7. The smallest absolute Gasteiger partial charge is 0.335 e. The minimum atomic E-state index is -3.79. The highest BCUT2D eigenvalue weighted by Crippen LogP contribution is 2.41. The number of esters is 1. The molecule has 1 heterocycles. The molecule has 1 aliphatic heterocycles. The predicted octanol–water partition coefficient (Wildman–Crippen LogP) is 0.727. The van der Waals surface area contributed by atoms with Gasteiger partial charge in [-0.05, 0) is 37.1 Å². The molecule has 2 N–H and O–H groups in total. The third-order valence-electron chi connectivity index (χ3n) is 5.40. The van der Waals surface area contributed by atoms with Crippen molar-refractivity contribution < 1.29 is 42.4 Å². The molecule has 1 unspecified atom stereocenters. The van der Waals surface area contributed by atoms with Crippen LogP contribution in [0.3, 0.4) is 0 Å². The minimum Gasteiger partial charge on any atom is -0.497 e. The molecule has 0 bridgehead atoms. The van der Waals surface area contributed by atoms with Crippen molar-refractivity contribution in [2.45, 2.75) is 48.8 Å². The highest BCUT2D eigenvalue weighted by molar-refractivity contribution is 7.91. The molecule has 1 aliphatic carbocycles. The molecular weight excluding hydrogens is 428 g/mol. The Balaban J connectivity index is 1.93. The van der Waals surface area contributed by atoms with Crippen LogP contribution in [-0.4, -0.2) is 74.8 Å². The van der Waals surface area contributed by atoms with Crippen LogP contribution in [0.1, 0.15) is 25.3 Å². The lowest BCUT2D eigenvalue weighted by Gasteiger charge is -2.33. The fourth-order valence-corrected chi connectivity index (χ4v) is 5.82. The van der Waals surface area contributed by atoms with Crippen LogP contribution in [0.25, 0.3) is 0 Å². The largest absolute Gasteiger partial charge is 0.497 e. The van der Waals surface area contributed by atoms with Gasteiger partial charge in [-0.2, -0.15) is 0 Å². The zero-order valence-electron chi connectivity index (χ0n) is 17.5. The van der Waals surface area contributed by atoms with Crippen LogP contribution in [0.5, 0.6) is 5.75 Å². The number of rotatable bonds is 8. The Kier molecular flexibility index (Phi) is 7.38. The molecule has 2 aliphatic rings. The molecule has 10 heteroatoms. The molecular formula is C21H28O9S. The lowest BCUT2D eigenvalue weighted by atomic mass is 9.94. The molecule has 1 saturated heterocycles. The first-order valence-corrected chi connectivity index (χ1v) is 11.8. The van der Waals surface area contributed by atoms with Crippen molar-refractivity contribution >= 4 is 15.8 Å². The van der Waals surface area contributed by atoms with Crippen LogP contribution >= 0.6 is 0 Å². The summed E-state index contributed by atoms with van der Waals surface area (Å²) in [5.41, 5.74) is 0.475. The number of benzene rings is 1. The molecule has 1 aromatic carbocycles. The molecule has 0 amide bonds. The van der Waals surface area contributed by atoms with Gasteiger partial charge in [-0.3, -0.25) is 0 Å². The maximum Gasteiger partial charge on any atom is 0.335 e. The molecule has 0 radical (unpaired) electrons. The summed E-state index contributed by atoms with van der Waals surface area (Å²) >= 11 is 0. The van der Waals surface area contributed by atoms with Crippen molar-refractivity contribution in [3.63, 3.8) is 0 Å². The standard InChI is InChI=1S/C21H28O9S/c1-3-28-20(24)16-10-21(29-17(11-22)18(12-23)30-21)8-7-19(16)31(25,26)13-14-5-4-6-15(9-14)27-2/h4-6,9-10,17-19,22-23H,3,7-8,11-13H2,1-2H3/t17-,18-,19?/m1/s1. The van der Waals surface area contributed by atoms with Crippen molar-refractivity contribution in [1.29, 1.82) is 0 Å². The molecule has 0 saturated carbocycles. The van der Waals surface area contributed by atoms with Crippen molar-refractivity contribution in [2.24, 2.45) is 0 Å². The van der Waals surface area contributed by atoms with Gasteiger partial charge in [0.25, 0.3) is 0 Å². The zero-order chi connectivity index (χ0) is 22.6. The highest BCUT2D eigenvalue weighted by atomic mass is 32.2. The van der Waals surface area contributed by atoms with E-state index in [0.717, 1.165) is 0 Å². The van der Waals surface area contributed by atoms with Crippen LogP contribution in [0.4, 0.5) is 0 Å². The average Bonchev–Trinajstić information content (AvgIpc) is 3.10. The van der Waals surface area contributed by atoms with E-state index in [9.17, 15) is 23.4 Å². The summed E-state index contributed by atoms with van der Waals surface area (Å²) in [5, 5.41) is 17.9. The topological polar surface area (TPSA) is 129 Å². The Bertz CT molecular complexity index is 913. The average molecular weight is 457 g/mol. The fraction of sp³-hybridized carbons (Fsp3) is 0.571. The lowest BCUT2D eigenvalue weighted by Crippen LogP contribution is -2.41. The third kappa shape index (κ3) is 5.09. The van der Waals surface area contributed by atoms with E-state index in [1.165, 1.54) is 13.2 Å². The number of sulfone groups is 1. The van der Waals surface area contributed by atoms with Crippen molar-refractivity contribution in [1.82, 2.24) is 0 Å². The molecule has 1 spiro atoms. The predicted molar refractivity (Wildman–Crippen MR) is 110 cm³/mol. The number of hydrogen-bond acceptors (Lipinski definition) is 9. The number of aliphatic hydroxyl groups is 2. The molecule has 31 heavy (non-hydrogen) atoms. The first kappa shape index (κ1) is 23.7. The summed E-state index contributed by atoms with van der Waals surface area (Å²) in [5.74, 6) is -1.90. The fourth-order valence-electron chi connectivity index (χ4n) is 3.95. The molecule has 3 atom stereocenters. The summed E-state index contributed by atoms with van der Waals surface area (Å²) in [7, 11) is -2.30. The second kappa shape index (κ2) is 9.66. The number of ether oxygens (including phenoxy) is 4. The summed E-state index contributed by atoms with van der Waals surface area (Å²) in [6.45, 7) is 0.940. The monoisotopic (exact) mass is 456 g/mol. The Morgan fingerprint density at radius 1 is 1.23 bits per heavy atom. The SMILES string of the molecule is CCOC(=O)C1=CC2(CCC1S(=O)(=O)Cc1cccc(OC)c1)O[C@H](CO)[C@@H](CO)O2. The molecule has 172 valence electrons. The van der Waals surface area contributed by atoms with Crippen molar-refractivity contribution in [3.05, 3.63) is 41.5 Å². The van der Waals surface area contributed by atoms with E-state index in [0.29, 0.717) is 11.3 Å². The third-order valence-corrected chi connectivity index (χ3v) is 7.49. The quantitative estimate of drug-likeness (QED) is 0.544. The van der Waals surface area contributed by atoms with Crippen LogP contribution in [0.15, 0.2) is 35.9 Å². The van der Waals surface area contributed by atoms with Crippen LogP contribution in [0, 0.1) is 0 Å². The van der Waals surface area contributed by atoms with Gasteiger partial charge in [0.1, 0.15) is 18.0 Å². The number of carbonyl (C=O) groups excluding carboxylic acids is 1. The molecule has 9 nitrogen and oxygen atoms in total. The van der Waals surface area contributed by atoms with E-state index in [1.54, 1.807) is 31.2 Å². The highest BCUT2D eigenvalue weighted by Gasteiger charge is 2.51. The van der Waals surface area contributed by atoms with Crippen LogP contribution < -0.4 is 4.74 Å². The Labute approximate surface area is 181 Å². The van der Waals surface area contributed by atoms with Gasteiger partial charge in [0.05, 0.1) is 43.5 Å². The van der Waals surface area contributed by atoms with Gasteiger partial charge in [0.2, 0.25) is 0 Å². The van der Waals surface area contributed by atoms with Gasteiger partial charge in [-0.1, -0.05) is 12.1 Å². The summed E-state index contributed by atoms with van der Waals surface area (Å²) < 4.78 is 48.4. The van der Waals surface area contributed by atoms with E-state index < -0.39 is 39.1 Å². The van der Waals surface area contributed by atoms with E-state index >= 15 is 0 Å². The second-order valence-corrected chi connectivity index (χ2v) is 9.68. The first-order valence-electron chi connectivity index (χ1n) is 10.1. The van der Waals surface area contributed by atoms with Gasteiger partial charge in [-0.25, -0.2) is 13.2 Å². The number of methoxy groups -OCH3 is 1. The second-order valence-electron chi connectivity index (χ2n) is 7.50. The Morgan fingerprint density at radius 2 is 1.90 bits per heavy atom. The maximum absolute atomic E-state index is 13.3. The van der Waals surface area contributed by atoms with Crippen LogP contribution in [-0.2, 0) is 34.6 Å². The van der Waals surface area contributed by atoms with E-state index in [2.05, 4.69) is 0 Å². The zero-order valence-corrected chi connectivity index (χ0v) is 18.3. The molecule has 1 aromatic rings. The van der Waals surface area contributed by atoms with E-state index in [4.69, 9.17) is 18.9 Å². The van der Waals surface area contributed by atoms with Gasteiger partial charge < -0.3 is 29.2 Å². The van der Waals surface area contributed by atoms with Crippen molar-refractivity contribution in [2.75, 3.05) is 26.9 Å². The minimum absolute atomic E-state index is 0.0627. The number of carbonyl (C=O) groups is 1. The van der Waals surface area contributed by atoms with Gasteiger partial charge in [0, 0.05) is 6.42 Å². The molecule has 3 rings (SSSR count). The maximum atomic E-state index is 13.3. The normalized spacial score (nSPS) is 25.3. The van der Waals surface area contributed by atoms with E-state index in [-0.39, 0.29) is 44.0 Å². The Morgan fingerprint density at radius 3 is 2.48 bits per heavy atom. The molecule has 0 aromatic heterocycles. The number of aliphatic hydroxyl groups excluding tert-OH is 2. The van der Waals surface area contributed by atoms with Gasteiger partial charge >= 0.3 is 5.97 Å². The first-order chi connectivity index (χ1) is 14.8.